The summed E-state index contributed by atoms with van der Waals surface area (Å²) in [5, 5.41) is 3.28. The van der Waals surface area contributed by atoms with E-state index in [0.717, 1.165) is 45.2 Å². The second-order valence-corrected chi connectivity index (χ2v) is 11.3. The Morgan fingerprint density at radius 2 is 1.34 bits per heavy atom. The third kappa shape index (κ3) is 13.2. The van der Waals surface area contributed by atoms with Crippen molar-refractivity contribution in [3.05, 3.63) is 0 Å². The van der Waals surface area contributed by atoms with Crippen LogP contribution in [0.2, 0.25) is 0 Å². The summed E-state index contributed by atoms with van der Waals surface area (Å²) in [6, 6.07) is -0.0174. The first-order valence-corrected chi connectivity index (χ1v) is 12.8. The lowest BCUT2D eigenvalue weighted by molar-refractivity contribution is -0.128. The minimum absolute atomic E-state index is 0.0174. The molecule has 0 aromatic rings. The lowest BCUT2D eigenvalue weighted by Gasteiger charge is -2.37. The Bertz CT molecular complexity index is 513. The number of rotatable bonds is 11. The van der Waals surface area contributed by atoms with Gasteiger partial charge in [-0.25, -0.2) is 0 Å². The molecular weight excluding hydrogens is 400 g/mol. The molecule has 32 heavy (non-hydrogen) atoms. The fourth-order valence-corrected chi connectivity index (χ4v) is 4.75. The molecule has 1 aliphatic rings. The second kappa shape index (κ2) is 14.6. The Morgan fingerprint density at radius 1 is 0.875 bits per heavy atom. The van der Waals surface area contributed by atoms with Gasteiger partial charge < -0.3 is 14.8 Å². The Hall–Kier alpha value is -0.650. The van der Waals surface area contributed by atoms with E-state index in [1.807, 2.05) is 27.7 Å². The lowest BCUT2D eigenvalue weighted by Crippen LogP contribution is -2.54. The molecule has 5 nitrogen and oxygen atoms in total. The maximum absolute atomic E-state index is 13.0. The van der Waals surface area contributed by atoms with E-state index in [1.54, 1.807) is 14.2 Å². The predicted octanol–water partition coefficient (Wildman–Crippen LogP) is 6.44. The summed E-state index contributed by atoms with van der Waals surface area (Å²) in [7, 11) is 3.51. The molecule has 1 heterocycles. The van der Waals surface area contributed by atoms with E-state index < -0.39 is 0 Å². The van der Waals surface area contributed by atoms with Crippen LogP contribution in [0.1, 0.15) is 115 Å². The van der Waals surface area contributed by atoms with Gasteiger partial charge in [0.1, 0.15) is 0 Å². The summed E-state index contributed by atoms with van der Waals surface area (Å²) in [5.41, 5.74) is -0.509. The van der Waals surface area contributed by atoms with Gasteiger partial charge in [-0.15, -0.1) is 0 Å². The molecule has 0 saturated carbocycles. The van der Waals surface area contributed by atoms with E-state index in [0.29, 0.717) is 0 Å². The minimum Gasteiger partial charge on any atom is -0.379 e. The second-order valence-electron chi connectivity index (χ2n) is 11.3. The molecule has 1 unspecified atom stereocenters. The van der Waals surface area contributed by atoms with Crippen molar-refractivity contribution >= 4 is 5.91 Å². The number of ether oxygens (including phenoxy) is 2. The van der Waals surface area contributed by atoms with Gasteiger partial charge in [0.2, 0.25) is 5.91 Å². The minimum atomic E-state index is -0.299. The quantitative estimate of drug-likeness (QED) is 0.387. The Labute approximate surface area is 201 Å². The molecule has 1 aliphatic heterocycles. The normalized spacial score (nSPS) is 17.8. The van der Waals surface area contributed by atoms with Crippen LogP contribution in [0, 0.1) is 5.41 Å². The molecule has 1 atom stereocenters. The average molecular weight is 459 g/mol. The largest absolute Gasteiger partial charge is 0.379 e. The van der Waals surface area contributed by atoms with Gasteiger partial charge in [0.25, 0.3) is 0 Å². The molecule has 0 aromatic heterocycles. The highest BCUT2D eigenvalue weighted by atomic mass is 16.5. The molecular formula is C27H58N2O3. The van der Waals surface area contributed by atoms with Gasteiger partial charge >= 0.3 is 0 Å². The van der Waals surface area contributed by atoms with Gasteiger partial charge in [-0.1, -0.05) is 41.5 Å². The van der Waals surface area contributed by atoms with Crippen molar-refractivity contribution < 1.29 is 14.3 Å². The first-order valence-electron chi connectivity index (χ1n) is 12.8. The van der Waals surface area contributed by atoms with Crippen molar-refractivity contribution in [2.24, 2.45) is 5.41 Å². The Kier molecular flexibility index (Phi) is 15.3. The summed E-state index contributed by atoms with van der Waals surface area (Å²) in [5.74, 6) is 0.157. The van der Waals surface area contributed by atoms with E-state index in [9.17, 15) is 4.79 Å². The number of likely N-dealkylation sites (tertiary alicyclic amines) is 1. The summed E-state index contributed by atoms with van der Waals surface area (Å²) < 4.78 is 11.2. The molecule has 1 amide bonds. The monoisotopic (exact) mass is 458 g/mol. The number of hydrogen-bond acceptors (Lipinski definition) is 4. The molecule has 1 fully saturated rings. The number of methoxy groups -OCH3 is 2. The van der Waals surface area contributed by atoms with Crippen LogP contribution >= 0.6 is 0 Å². The zero-order chi connectivity index (χ0) is 25.8. The molecule has 0 bridgehead atoms. The summed E-state index contributed by atoms with van der Waals surface area (Å²) in [4.78, 5) is 15.4. The Balaban J connectivity index is 0. The fourth-order valence-electron chi connectivity index (χ4n) is 4.75. The van der Waals surface area contributed by atoms with Gasteiger partial charge in [0.15, 0.2) is 0 Å². The summed E-state index contributed by atoms with van der Waals surface area (Å²) in [6.45, 7) is 27.1. The summed E-state index contributed by atoms with van der Waals surface area (Å²) >= 11 is 0. The number of amides is 1. The van der Waals surface area contributed by atoms with E-state index >= 15 is 0 Å². The molecule has 0 radical (unpaired) electrons. The highest BCUT2D eigenvalue weighted by Crippen LogP contribution is 2.34. The zero-order valence-electron chi connectivity index (χ0n) is 24.2. The van der Waals surface area contributed by atoms with Gasteiger partial charge in [0, 0.05) is 19.8 Å². The topological polar surface area (TPSA) is 50.8 Å². The van der Waals surface area contributed by atoms with Crippen LogP contribution < -0.4 is 5.32 Å². The highest BCUT2D eigenvalue weighted by molar-refractivity contribution is 5.82. The molecule has 1 saturated heterocycles. The van der Waals surface area contributed by atoms with Crippen molar-refractivity contribution in [2.75, 3.05) is 27.3 Å². The molecule has 0 spiro atoms. The third-order valence-corrected chi connectivity index (χ3v) is 6.08. The zero-order valence-corrected chi connectivity index (χ0v) is 24.2. The SMILES string of the molecule is CC.CC.COC(C)(C)CC(C)(C)CCN1CCCC1C(=O)NC(C)(C)CC(C)(C)OC. The van der Waals surface area contributed by atoms with Gasteiger partial charge in [-0.05, 0) is 92.2 Å². The van der Waals surface area contributed by atoms with Gasteiger partial charge in [0.05, 0.1) is 17.2 Å². The van der Waals surface area contributed by atoms with Crippen molar-refractivity contribution in [1.82, 2.24) is 10.2 Å². The van der Waals surface area contributed by atoms with Crippen LogP contribution in [0.4, 0.5) is 0 Å². The van der Waals surface area contributed by atoms with Crippen LogP contribution in [0.15, 0.2) is 0 Å². The summed E-state index contributed by atoms with van der Waals surface area (Å²) in [6.07, 6.45) is 4.86. The van der Waals surface area contributed by atoms with E-state index in [1.165, 1.54) is 0 Å². The molecule has 1 rings (SSSR count). The first kappa shape index (κ1) is 33.5. The smallest absolute Gasteiger partial charge is 0.237 e. The average Bonchev–Trinajstić information content (AvgIpc) is 3.17. The van der Waals surface area contributed by atoms with Gasteiger partial charge in [-0.2, -0.15) is 0 Å². The standard InChI is InChI=1S/C23H46N2O3.2C2H6/c1-20(2,16-22(5,6)27-9)13-15-25-14-11-12-18(25)19(26)24-21(3,4)17-23(7,8)28-10;2*1-2/h18H,11-17H2,1-10H3,(H,24,26);2*1-2H3. The predicted molar refractivity (Wildman–Crippen MR) is 139 cm³/mol. The lowest BCUT2D eigenvalue weighted by atomic mass is 9.79. The maximum Gasteiger partial charge on any atom is 0.237 e. The van der Waals surface area contributed by atoms with Crippen LogP contribution in [0.25, 0.3) is 0 Å². The van der Waals surface area contributed by atoms with Crippen molar-refractivity contribution in [1.29, 1.82) is 0 Å². The van der Waals surface area contributed by atoms with Crippen LogP contribution in [-0.4, -0.2) is 60.9 Å². The molecule has 194 valence electrons. The molecule has 1 N–H and O–H groups in total. The van der Waals surface area contributed by atoms with Crippen molar-refractivity contribution in [3.63, 3.8) is 0 Å². The van der Waals surface area contributed by atoms with E-state index in [4.69, 9.17) is 9.47 Å². The molecule has 5 heteroatoms. The van der Waals surface area contributed by atoms with E-state index in [2.05, 4.69) is 65.6 Å². The van der Waals surface area contributed by atoms with E-state index in [-0.39, 0.29) is 34.1 Å². The van der Waals surface area contributed by atoms with Gasteiger partial charge in [-0.3, -0.25) is 9.69 Å². The first-order chi connectivity index (χ1) is 14.6. The highest BCUT2D eigenvalue weighted by Gasteiger charge is 2.37. The number of carbonyl (C=O) groups excluding carboxylic acids is 1. The third-order valence-electron chi connectivity index (χ3n) is 6.08. The fraction of sp³-hybridized carbons (Fsp3) is 0.963. The number of nitrogens with one attached hydrogen (secondary N) is 1. The number of nitrogens with zero attached hydrogens (tertiary/aromatic N) is 1. The van der Waals surface area contributed by atoms with Crippen LogP contribution in [-0.2, 0) is 14.3 Å². The Morgan fingerprint density at radius 3 is 1.81 bits per heavy atom. The number of carbonyl (C=O) groups is 1. The maximum atomic E-state index is 13.0. The van der Waals surface area contributed by atoms with Crippen LogP contribution in [0.5, 0.6) is 0 Å². The van der Waals surface area contributed by atoms with Crippen molar-refractivity contribution in [3.8, 4) is 0 Å². The van der Waals surface area contributed by atoms with Crippen LogP contribution in [0.3, 0.4) is 0 Å². The number of hydrogen-bond donors (Lipinski definition) is 1. The molecule has 0 aromatic carbocycles. The van der Waals surface area contributed by atoms with Crippen molar-refractivity contribution in [2.45, 2.75) is 138 Å². The molecule has 0 aliphatic carbocycles.